The first-order valence-corrected chi connectivity index (χ1v) is 12.5. The Morgan fingerprint density at radius 2 is 1.50 bits per heavy atom. The minimum atomic E-state index is -1.00. The van der Waals surface area contributed by atoms with Crippen molar-refractivity contribution >= 4 is 11.6 Å². The van der Waals surface area contributed by atoms with E-state index < -0.39 is 41.5 Å². The van der Waals surface area contributed by atoms with Crippen molar-refractivity contribution in [2.45, 2.75) is 63.7 Å². The Bertz CT molecular complexity index is 1450. The van der Waals surface area contributed by atoms with Gasteiger partial charge < -0.3 is 29.2 Å². The average molecular weight is 517 g/mol. The molecule has 0 amide bonds. The molecule has 3 aliphatic rings. The molecule has 0 radical (unpaired) electrons. The first-order chi connectivity index (χ1) is 18.1. The summed E-state index contributed by atoms with van der Waals surface area (Å²) in [6, 6.07) is 17.4. The Hall–Kier alpha value is -3.56. The molecular formula is C30H28O8. The van der Waals surface area contributed by atoms with Gasteiger partial charge in [0.25, 0.3) is 0 Å². The maximum Gasteiger partial charge on any atom is 0.198 e. The smallest absolute Gasteiger partial charge is 0.198 e. The van der Waals surface area contributed by atoms with Gasteiger partial charge in [-0.2, -0.15) is 0 Å². The largest absolute Gasteiger partial charge is 0.507 e. The first-order valence-electron chi connectivity index (χ1n) is 12.5. The number of rotatable bonds is 5. The molecule has 2 heterocycles. The van der Waals surface area contributed by atoms with Gasteiger partial charge in [-0.15, -0.1) is 0 Å². The van der Waals surface area contributed by atoms with E-state index in [1.807, 2.05) is 37.3 Å². The summed E-state index contributed by atoms with van der Waals surface area (Å²) in [7, 11) is 0. The Labute approximate surface area is 219 Å². The molecule has 38 heavy (non-hydrogen) atoms. The fraction of sp³-hybridized carbons (Fsp3) is 0.333. The normalized spacial score (nSPS) is 27.2. The number of phenols is 2. The van der Waals surface area contributed by atoms with E-state index in [2.05, 4.69) is 0 Å². The lowest BCUT2D eigenvalue weighted by Crippen LogP contribution is -2.49. The van der Waals surface area contributed by atoms with Crippen LogP contribution in [0.3, 0.4) is 0 Å². The second-order valence-corrected chi connectivity index (χ2v) is 10.6. The van der Waals surface area contributed by atoms with E-state index in [-0.39, 0.29) is 52.3 Å². The van der Waals surface area contributed by atoms with Crippen LogP contribution in [0.1, 0.15) is 63.7 Å². The van der Waals surface area contributed by atoms with Crippen LogP contribution in [0, 0.1) is 0 Å². The number of carbonyl (C=O) groups is 2. The van der Waals surface area contributed by atoms with E-state index in [4.69, 9.17) is 18.9 Å². The molecule has 0 spiro atoms. The third kappa shape index (κ3) is 3.84. The molecule has 196 valence electrons. The van der Waals surface area contributed by atoms with E-state index in [0.717, 1.165) is 5.56 Å². The number of hydrogen-bond donors (Lipinski definition) is 2. The van der Waals surface area contributed by atoms with Gasteiger partial charge >= 0.3 is 0 Å². The molecule has 8 nitrogen and oxygen atoms in total. The lowest BCUT2D eigenvalue weighted by molar-refractivity contribution is -0.235. The van der Waals surface area contributed by atoms with Crippen molar-refractivity contribution in [3.63, 3.8) is 0 Å². The highest BCUT2D eigenvalue weighted by atomic mass is 16.8. The van der Waals surface area contributed by atoms with Crippen LogP contribution in [0.2, 0.25) is 0 Å². The van der Waals surface area contributed by atoms with Crippen molar-refractivity contribution in [2.24, 2.45) is 0 Å². The maximum atomic E-state index is 13.3. The summed E-state index contributed by atoms with van der Waals surface area (Å²) >= 11 is 0. The SMILES string of the molecule is CC1(C)O[C@@H]2O[C@H](Cc3cc(O)c4c(c3O)C(=O)c3ccccc3C4=O)[C@](C)(OCc3ccccc3)[C@@H]2O1. The summed E-state index contributed by atoms with van der Waals surface area (Å²) in [6.07, 6.45) is -1.86. The molecule has 8 heteroatoms. The number of ketones is 2. The van der Waals surface area contributed by atoms with Crippen molar-refractivity contribution in [1.29, 1.82) is 0 Å². The Morgan fingerprint density at radius 1 is 0.868 bits per heavy atom. The van der Waals surface area contributed by atoms with Gasteiger partial charge in [0.1, 0.15) is 23.2 Å². The molecular weight excluding hydrogens is 488 g/mol. The maximum absolute atomic E-state index is 13.3. The number of hydrogen-bond acceptors (Lipinski definition) is 8. The van der Waals surface area contributed by atoms with Gasteiger partial charge in [-0.1, -0.05) is 54.6 Å². The standard InChI is InChI=1S/C30H28O8/c1-29(2)37-27-28(38-29)36-21(30(27,3)35-15-16-9-5-4-6-10-16)14-17-13-20(31)22-23(24(17)32)26(34)19-12-8-7-11-18(19)25(22)33/h4-13,21,27-28,31-32H,14-15H2,1-3H3/t21-,27-,28+,30+/m1/s1. The second-order valence-electron chi connectivity index (χ2n) is 10.6. The molecule has 1 aliphatic carbocycles. The van der Waals surface area contributed by atoms with Crippen LogP contribution < -0.4 is 0 Å². The van der Waals surface area contributed by atoms with Crippen LogP contribution in [-0.4, -0.2) is 51.7 Å². The number of fused-ring (bicyclic) bond motifs is 3. The zero-order valence-electron chi connectivity index (χ0n) is 21.3. The van der Waals surface area contributed by atoms with Crippen LogP contribution in [0.15, 0.2) is 60.7 Å². The summed E-state index contributed by atoms with van der Waals surface area (Å²) in [5.41, 5.74) is 0.185. The molecule has 2 fully saturated rings. The Kier molecular flexibility index (Phi) is 5.70. The molecule has 2 N–H and O–H groups in total. The third-order valence-electron chi connectivity index (χ3n) is 7.59. The Balaban J connectivity index is 1.36. The van der Waals surface area contributed by atoms with Crippen molar-refractivity contribution in [3.8, 4) is 11.5 Å². The van der Waals surface area contributed by atoms with E-state index >= 15 is 0 Å². The summed E-state index contributed by atoms with van der Waals surface area (Å²) in [6.45, 7) is 5.76. The predicted molar refractivity (Wildman–Crippen MR) is 135 cm³/mol. The van der Waals surface area contributed by atoms with Crippen LogP contribution in [-0.2, 0) is 32.0 Å². The topological polar surface area (TPSA) is 112 Å². The average Bonchev–Trinajstić information content (AvgIpc) is 3.33. The minimum absolute atomic E-state index is 0.0707. The van der Waals surface area contributed by atoms with Crippen LogP contribution >= 0.6 is 0 Å². The fourth-order valence-electron chi connectivity index (χ4n) is 5.60. The molecule has 0 bridgehead atoms. The lowest BCUT2D eigenvalue weighted by Gasteiger charge is -2.35. The first kappa shape index (κ1) is 24.8. The van der Waals surface area contributed by atoms with Gasteiger partial charge in [0, 0.05) is 23.1 Å². The molecule has 6 rings (SSSR count). The van der Waals surface area contributed by atoms with Crippen molar-refractivity contribution in [3.05, 3.63) is 94.0 Å². The van der Waals surface area contributed by atoms with E-state index in [0.29, 0.717) is 0 Å². The van der Waals surface area contributed by atoms with Crippen LogP contribution in [0.5, 0.6) is 11.5 Å². The number of ether oxygens (including phenoxy) is 4. The molecule has 4 atom stereocenters. The van der Waals surface area contributed by atoms with Gasteiger partial charge in [0.05, 0.1) is 23.8 Å². The van der Waals surface area contributed by atoms with Gasteiger partial charge in [-0.05, 0) is 32.4 Å². The lowest BCUT2D eigenvalue weighted by atomic mass is 9.81. The molecule has 0 saturated carbocycles. The molecule has 3 aromatic carbocycles. The minimum Gasteiger partial charge on any atom is -0.507 e. The summed E-state index contributed by atoms with van der Waals surface area (Å²) in [5.74, 6) is -2.64. The number of phenolic OH excluding ortho intramolecular Hbond substituents is 2. The zero-order valence-corrected chi connectivity index (χ0v) is 21.3. The van der Waals surface area contributed by atoms with E-state index in [1.54, 1.807) is 26.0 Å². The quantitative estimate of drug-likeness (QED) is 0.379. The highest BCUT2D eigenvalue weighted by Gasteiger charge is 2.62. The molecule has 0 aromatic heterocycles. The van der Waals surface area contributed by atoms with E-state index in [1.165, 1.54) is 18.2 Å². The van der Waals surface area contributed by atoms with Crippen molar-refractivity contribution < 1.29 is 38.7 Å². The van der Waals surface area contributed by atoms with Crippen LogP contribution in [0.25, 0.3) is 0 Å². The third-order valence-corrected chi connectivity index (χ3v) is 7.59. The fourth-order valence-corrected chi connectivity index (χ4v) is 5.60. The highest BCUT2D eigenvalue weighted by Crippen LogP contribution is 2.48. The number of aromatic hydroxyl groups is 2. The second kappa shape index (κ2) is 8.74. The van der Waals surface area contributed by atoms with Gasteiger partial charge in [-0.3, -0.25) is 9.59 Å². The van der Waals surface area contributed by atoms with Gasteiger partial charge in [0.15, 0.2) is 23.6 Å². The van der Waals surface area contributed by atoms with Crippen molar-refractivity contribution in [1.82, 2.24) is 0 Å². The highest BCUT2D eigenvalue weighted by molar-refractivity contribution is 6.30. The molecule has 0 unspecified atom stereocenters. The summed E-state index contributed by atoms with van der Waals surface area (Å²) in [5, 5.41) is 22.1. The van der Waals surface area contributed by atoms with E-state index in [9.17, 15) is 19.8 Å². The number of carbonyl (C=O) groups excluding carboxylic acids is 2. The molecule has 2 aliphatic heterocycles. The Morgan fingerprint density at radius 3 is 2.18 bits per heavy atom. The monoisotopic (exact) mass is 516 g/mol. The van der Waals surface area contributed by atoms with Gasteiger partial charge in [-0.25, -0.2) is 0 Å². The van der Waals surface area contributed by atoms with Gasteiger partial charge in [0.2, 0.25) is 0 Å². The van der Waals surface area contributed by atoms with Crippen molar-refractivity contribution in [2.75, 3.05) is 0 Å². The van der Waals surface area contributed by atoms with Crippen LogP contribution in [0.4, 0.5) is 0 Å². The number of benzene rings is 3. The molecule has 2 saturated heterocycles. The summed E-state index contributed by atoms with van der Waals surface area (Å²) in [4.78, 5) is 26.4. The predicted octanol–water partition coefficient (Wildman–Crippen LogP) is 4.27. The zero-order chi connectivity index (χ0) is 26.8. The molecule has 3 aromatic rings. The summed E-state index contributed by atoms with van der Waals surface area (Å²) < 4.78 is 24.8.